The van der Waals surface area contributed by atoms with Crippen LogP contribution in [-0.4, -0.2) is 5.11 Å². The van der Waals surface area contributed by atoms with E-state index in [0.29, 0.717) is 0 Å². The predicted octanol–water partition coefficient (Wildman–Crippen LogP) is 2.76. The van der Waals surface area contributed by atoms with Crippen molar-refractivity contribution in [2.45, 2.75) is 32.3 Å². The van der Waals surface area contributed by atoms with Crippen molar-refractivity contribution >= 4 is 11.3 Å². The van der Waals surface area contributed by atoms with E-state index in [-0.39, 0.29) is 5.41 Å². The molecule has 66 valence electrons. The summed E-state index contributed by atoms with van der Waals surface area (Å²) in [5, 5.41) is 12.3. The van der Waals surface area contributed by atoms with Crippen LogP contribution in [0.25, 0.3) is 0 Å². The Balaban J connectivity index is 2.33. The number of hydrogen-bond acceptors (Lipinski definition) is 2. The summed E-state index contributed by atoms with van der Waals surface area (Å²) in [6.45, 7) is 4.10. The van der Waals surface area contributed by atoms with Gasteiger partial charge in [0.1, 0.15) is 5.60 Å². The van der Waals surface area contributed by atoms with Gasteiger partial charge in [0.05, 0.1) is 0 Å². The van der Waals surface area contributed by atoms with Crippen molar-refractivity contribution in [3.8, 4) is 0 Å². The highest BCUT2D eigenvalue weighted by molar-refractivity contribution is 7.10. The first-order valence-electron chi connectivity index (χ1n) is 4.33. The zero-order chi connectivity index (χ0) is 8.82. The second kappa shape index (κ2) is 2.33. The first-order chi connectivity index (χ1) is 5.56. The molecule has 0 bridgehead atoms. The highest BCUT2D eigenvalue weighted by Crippen LogP contribution is 2.58. The largest absolute Gasteiger partial charge is 0.384 e. The predicted molar refractivity (Wildman–Crippen MR) is 51.2 cm³/mol. The van der Waals surface area contributed by atoms with Gasteiger partial charge in [0, 0.05) is 10.3 Å². The van der Waals surface area contributed by atoms with Crippen molar-refractivity contribution in [2.24, 2.45) is 5.41 Å². The van der Waals surface area contributed by atoms with Crippen LogP contribution in [-0.2, 0) is 5.60 Å². The summed E-state index contributed by atoms with van der Waals surface area (Å²) in [4.78, 5) is 1.10. The van der Waals surface area contributed by atoms with Gasteiger partial charge in [0.15, 0.2) is 0 Å². The molecule has 1 aliphatic carbocycles. The van der Waals surface area contributed by atoms with E-state index in [2.05, 4.69) is 6.92 Å². The van der Waals surface area contributed by atoms with Gasteiger partial charge < -0.3 is 5.11 Å². The molecule has 1 heterocycles. The molecule has 2 rings (SSSR count). The Morgan fingerprint density at radius 1 is 1.58 bits per heavy atom. The van der Waals surface area contributed by atoms with Crippen LogP contribution >= 0.6 is 11.3 Å². The van der Waals surface area contributed by atoms with Crippen molar-refractivity contribution in [1.82, 2.24) is 0 Å². The minimum atomic E-state index is -0.610. The average Bonchev–Trinajstić information content (AvgIpc) is 2.59. The summed E-state index contributed by atoms with van der Waals surface area (Å²) in [5.74, 6) is 0. The molecule has 0 amide bonds. The second-order valence-electron chi connectivity index (χ2n) is 4.11. The summed E-state index contributed by atoms with van der Waals surface area (Å²) in [7, 11) is 0. The van der Waals surface area contributed by atoms with Gasteiger partial charge in [-0.2, -0.15) is 0 Å². The fraction of sp³-hybridized carbons (Fsp3) is 0.600. The Hall–Kier alpha value is -0.340. The first kappa shape index (κ1) is 8.27. The molecular weight excluding hydrogens is 168 g/mol. The van der Waals surface area contributed by atoms with Crippen LogP contribution in [0.2, 0.25) is 0 Å². The molecule has 1 unspecified atom stereocenters. The second-order valence-corrected chi connectivity index (χ2v) is 5.06. The molecule has 0 spiro atoms. The Bertz CT molecular complexity index is 270. The van der Waals surface area contributed by atoms with Gasteiger partial charge in [-0.05, 0) is 31.2 Å². The van der Waals surface area contributed by atoms with Gasteiger partial charge >= 0.3 is 0 Å². The van der Waals surface area contributed by atoms with Crippen molar-refractivity contribution in [1.29, 1.82) is 0 Å². The van der Waals surface area contributed by atoms with E-state index < -0.39 is 5.60 Å². The quantitative estimate of drug-likeness (QED) is 0.745. The third kappa shape index (κ3) is 1.02. The van der Waals surface area contributed by atoms with E-state index in [1.807, 2.05) is 24.4 Å². The van der Waals surface area contributed by atoms with Crippen LogP contribution in [0.5, 0.6) is 0 Å². The lowest BCUT2D eigenvalue weighted by Gasteiger charge is -2.29. The van der Waals surface area contributed by atoms with Crippen molar-refractivity contribution in [2.75, 3.05) is 0 Å². The number of aliphatic hydroxyl groups is 1. The first-order valence-corrected chi connectivity index (χ1v) is 5.21. The molecule has 1 aromatic rings. The summed E-state index contributed by atoms with van der Waals surface area (Å²) >= 11 is 1.65. The zero-order valence-corrected chi connectivity index (χ0v) is 8.32. The van der Waals surface area contributed by atoms with Crippen LogP contribution in [0.15, 0.2) is 17.5 Å². The van der Waals surface area contributed by atoms with Gasteiger partial charge in [-0.15, -0.1) is 11.3 Å². The molecule has 1 atom stereocenters. The van der Waals surface area contributed by atoms with E-state index in [1.165, 1.54) is 0 Å². The number of rotatable bonds is 2. The number of hydrogen-bond donors (Lipinski definition) is 1. The fourth-order valence-corrected chi connectivity index (χ4v) is 2.46. The van der Waals surface area contributed by atoms with Gasteiger partial charge in [-0.25, -0.2) is 0 Å². The molecule has 1 aliphatic rings. The van der Waals surface area contributed by atoms with E-state index in [1.54, 1.807) is 11.3 Å². The summed E-state index contributed by atoms with van der Waals surface area (Å²) < 4.78 is 0. The molecule has 0 saturated heterocycles. The highest BCUT2D eigenvalue weighted by atomic mass is 32.1. The summed E-state index contributed by atoms with van der Waals surface area (Å²) in [6, 6.07) is 4.02. The molecule has 1 aromatic heterocycles. The van der Waals surface area contributed by atoms with E-state index in [0.717, 1.165) is 17.7 Å². The Labute approximate surface area is 77.0 Å². The van der Waals surface area contributed by atoms with Crippen LogP contribution in [0.1, 0.15) is 31.6 Å². The molecule has 0 aromatic carbocycles. The molecule has 0 aliphatic heterocycles. The van der Waals surface area contributed by atoms with Gasteiger partial charge in [-0.3, -0.25) is 0 Å². The van der Waals surface area contributed by atoms with Crippen LogP contribution in [0, 0.1) is 5.41 Å². The number of thiophene rings is 1. The standard InChI is InChI=1S/C10H14OS/c1-9(5-6-9)10(2,11)8-4-3-7-12-8/h3-4,7,11H,5-6H2,1-2H3. The van der Waals surface area contributed by atoms with Crippen molar-refractivity contribution < 1.29 is 5.11 Å². The summed E-state index contributed by atoms with van der Waals surface area (Å²) in [6.07, 6.45) is 2.30. The lowest BCUT2D eigenvalue weighted by molar-refractivity contribution is -0.00914. The van der Waals surface area contributed by atoms with Crippen LogP contribution in [0.3, 0.4) is 0 Å². The third-order valence-electron chi connectivity index (χ3n) is 3.18. The SMILES string of the molecule is CC1(C(C)(O)c2cccs2)CC1. The average molecular weight is 182 g/mol. The van der Waals surface area contributed by atoms with E-state index >= 15 is 0 Å². The monoisotopic (exact) mass is 182 g/mol. The fourth-order valence-electron chi connectivity index (χ4n) is 1.53. The minimum Gasteiger partial charge on any atom is -0.384 e. The zero-order valence-electron chi connectivity index (χ0n) is 7.50. The molecule has 0 radical (unpaired) electrons. The van der Waals surface area contributed by atoms with Crippen molar-refractivity contribution in [3.63, 3.8) is 0 Å². The molecule has 1 nitrogen and oxygen atoms in total. The van der Waals surface area contributed by atoms with Crippen LogP contribution < -0.4 is 0 Å². The smallest absolute Gasteiger partial charge is 0.101 e. The lowest BCUT2D eigenvalue weighted by Crippen LogP contribution is -2.30. The Kier molecular flexibility index (Phi) is 1.61. The molecule has 1 saturated carbocycles. The van der Waals surface area contributed by atoms with Gasteiger partial charge in [-0.1, -0.05) is 13.0 Å². The third-order valence-corrected chi connectivity index (χ3v) is 4.26. The maximum absolute atomic E-state index is 10.3. The normalized spacial score (nSPS) is 24.9. The van der Waals surface area contributed by atoms with Gasteiger partial charge in [0.25, 0.3) is 0 Å². The maximum Gasteiger partial charge on any atom is 0.101 e. The maximum atomic E-state index is 10.3. The van der Waals surface area contributed by atoms with Gasteiger partial charge in [0.2, 0.25) is 0 Å². The van der Waals surface area contributed by atoms with Crippen LogP contribution in [0.4, 0.5) is 0 Å². The minimum absolute atomic E-state index is 0.137. The van der Waals surface area contributed by atoms with E-state index in [9.17, 15) is 5.11 Å². The molecule has 1 fully saturated rings. The van der Waals surface area contributed by atoms with E-state index in [4.69, 9.17) is 0 Å². The summed E-state index contributed by atoms with van der Waals surface area (Å²) in [5.41, 5.74) is -0.473. The topological polar surface area (TPSA) is 20.2 Å². The molecule has 1 N–H and O–H groups in total. The molecule has 12 heavy (non-hydrogen) atoms. The van der Waals surface area contributed by atoms with Crippen molar-refractivity contribution in [3.05, 3.63) is 22.4 Å². The highest BCUT2D eigenvalue weighted by Gasteiger charge is 2.53. The molecule has 2 heteroatoms. The molecular formula is C10H14OS. The Morgan fingerprint density at radius 3 is 2.67 bits per heavy atom. The Morgan fingerprint density at radius 2 is 2.25 bits per heavy atom. The lowest BCUT2D eigenvalue weighted by atomic mass is 9.86.